The number of rotatable bonds is 5. The normalized spacial score (nSPS) is 16.5. The van der Waals surface area contributed by atoms with Crippen LogP contribution in [-0.2, 0) is 14.8 Å². The number of benzene rings is 1. The van der Waals surface area contributed by atoms with E-state index >= 15 is 0 Å². The Balaban J connectivity index is 2.13. The molecule has 0 aliphatic carbocycles. The van der Waals surface area contributed by atoms with Crippen LogP contribution in [0, 0.1) is 0 Å². The minimum Gasteiger partial charge on any atom is -0.355 e. The molecule has 24 heavy (non-hydrogen) atoms. The number of carbonyl (C=O) groups is 2. The lowest BCUT2D eigenvalue weighted by Gasteiger charge is -2.28. The van der Waals surface area contributed by atoms with E-state index in [2.05, 4.69) is 10.6 Å². The summed E-state index contributed by atoms with van der Waals surface area (Å²) in [6, 6.07) is 4.60. The molecule has 2 N–H and O–H groups in total. The maximum absolute atomic E-state index is 12.2. The predicted molar refractivity (Wildman–Crippen MR) is 92.8 cm³/mol. The van der Waals surface area contributed by atoms with Crippen molar-refractivity contribution in [2.75, 3.05) is 29.7 Å². The van der Waals surface area contributed by atoms with Gasteiger partial charge in [0, 0.05) is 26.6 Å². The standard InChI is InChI=1S/C15H20ClN3O4S/c1-11(20)17-6-7-18-15(21)13-10-12(4-5-14(13)16)19-8-2-3-9-24(19,22)23/h4-5,10H,2-3,6-9H2,1H3,(H,17,20)(H,18,21). The fourth-order valence-electron chi connectivity index (χ4n) is 2.43. The van der Waals surface area contributed by atoms with E-state index in [1.165, 1.54) is 23.4 Å². The third-order valence-electron chi connectivity index (χ3n) is 3.62. The Bertz CT molecular complexity index is 736. The average molecular weight is 374 g/mol. The van der Waals surface area contributed by atoms with Gasteiger partial charge in [-0.25, -0.2) is 8.42 Å². The van der Waals surface area contributed by atoms with Gasteiger partial charge in [0.05, 0.1) is 22.0 Å². The number of carbonyl (C=O) groups excluding carboxylic acids is 2. The molecule has 0 saturated carbocycles. The second-order valence-electron chi connectivity index (χ2n) is 5.50. The molecule has 1 aliphatic heterocycles. The maximum atomic E-state index is 12.2. The van der Waals surface area contributed by atoms with E-state index in [0.717, 1.165) is 6.42 Å². The molecule has 0 aromatic heterocycles. The zero-order chi connectivity index (χ0) is 17.7. The molecular formula is C15H20ClN3O4S. The van der Waals surface area contributed by atoms with Crippen LogP contribution in [0.1, 0.15) is 30.1 Å². The van der Waals surface area contributed by atoms with Crippen LogP contribution in [0.3, 0.4) is 0 Å². The monoisotopic (exact) mass is 373 g/mol. The van der Waals surface area contributed by atoms with Crippen molar-refractivity contribution in [1.29, 1.82) is 0 Å². The first-order valence-electron chi connectivity index (χ1n) is 7.64. The number of hydrogen-bond acceptors (Lipinski definition) is 4. The molecule has 1 heterocycles. The maximum Gasteiger partial charge on any atom is 0.252 e. The van der Waals surface area contributed by atoms with Gasteiger partial charge in [-0.15, -0.1) is 0 Å². The lowest BCUT2D eigenvalue weighted by Crippen LogP contribution is -2.38. The summed E-state index contributed by atoms with van der Waals surface area (Å²) in [5, 5.41) is 5.45. The summed E-state index contributed by atoms with van der Waals surface area (Å²) in [7, 11) is -3.35. The molecule has 1 aliphatic rings. The van der Waals surface area contributed by atoms with Crippen molar-refractivity contribution in [3.8, 4) is 0 Å². The Labute approximate surface area is 146 Å². The van der Waals surface area contributed by atoms with Gasteiger partial charge in [-0.2, -0.15) is 0 Å². The highest BCUT2D eigenvalue weighted by Gasteiger charge is 2.27. The lowest BCUT2D eigenvalue weighted by molar-refractivity contribution is -0.118. The van der Waals surface area contributed by atoms with Crippen molar-refractivity contribution in [1.82, 2.24) is 10.6 Å². The molecule has 132 valence electrons. The fraction of sp³-hybridized carbons (Fsp3) is 0.467. The molecule has 1 fully saturated rings. The van der Waals surface area contributed by atoms with E-state index in [9.17, 15) is 18.0 Å². The van der Waals surface area contributed by atoms with Gasteiger partial charge in [-0.3, -0.25) is 13.9 Å². The molecule has 1 saturated heterocycles. The molecule has 1 aromatic carbocycles. The van der Waals surface area contributed by atoms with Crippen LogP contribution in [0.2, 0.25) is 5.02 Å². The predicted octanol–water partition coefficient (Wildman–Crippen LogP) is 1.14. The molecule has 0 radical (unpaired) electrons. The third-order valence-corrected chi connectivity index (χ3v) is 5.82. The molecule has 0 unspecified atom stereocenters. The van der Waals surface area contributed by atoms with Gasteiger partial charge in [0.25, 0.3) is 5.91 Å². The van der Waals surface area contributed by atoms with Crippen LogP contribution in [0.15, 0.2) is 18.2 Å². The lowest BCUT2D eigenvalue weighted by atomic mass is 10.1. The Morgan fingerprint density at radius 2 is 1.92 bits per heavy atom. The summed E-state index contributed by atoms with van der Waals surface area (Å²) in [5.74, 6) is -0.491. The van der Waals surface area contributed by atoms with Crippen LogP contribution in [0.4, 0.5) is 5.69 Å². The topological polar surface area (TPSA) is 95.6 Å². The molecular weight excluding hydrogens is 354 g/mol. The van der Waals surface area contributed by atoms with Crippen molar-refractivity contribution in [2.45, 2.75) is 19.8 Å². The molecule has 7 nitrogen and oxygen atoms in total. The smallest absolute Gasteiger partial charge is 0.252 e. The molecule has 9 heteroatoms. The largest absolute Gasteiger partial charge is 0.355 e. The fourth-order valence-corrected chi connectivity index (χ4v) is 4.27. The SMILES string of the molecule is CC(=O)NCCNC(=O)c1cc(N2CCCCS2(=O)=O)ccc1Cl. The number of amides is 2. The Morgan fingerprint density at radius 1 is 1.21 bits per heavy atom. The van der Waals surface area contributed by atoms with Crippen molar-refractivity contribution in [3.63, 3.8) is 0 Å². The molecule has 0 spiro atoms. The highest BCUT2D eigenvalue weighted by atomic mass is 35.5. The van der Waals surface area contributed by atoms with Crippen LogP contribution >= 0.6 is 11.6 Å². The second-order valence-corrected chi connectivity index (χ2v) is 7.92. The van der Waals surface area contributed by atoms with Gasteiger partial charge in [-0.1, -0.05) is 11.6 Å². The van der Waals surface area contributed by atoms with Gasteiger partial charge in [0.15, 0.2) is 0 Å². The quantitative estimate of drug-likeness (QED) is 0.756. The molecule has 0 bridgehead atoms. The number of nitrogens with zero attached hydrogens (tertiary/aromatic N) is 1. The van der Waals surface area contributed by atoms with E-state index < -0.39 is 15.9 Å². The Kier molecular flexibility index (Phi) is 6.06. The van der Waals surface area contributed by atoms with Crippen LogP contribution in [0.25, 0.3) is 0 Å². The molecule has 1 aromatic rings. The number of anilines is 1. The first-order valence-corrected chi connectivity index (χ1v) is 9.62. The summed E-state index contributed by atoms with van der Waals surface area (Å²) in [5.41, 5.74) is 0.642. The number of halogens is 1. The summed E-state index contributed by atoms with van der Waals surface area (Å²) >= 11 is 6.07. The zero-order valence-electron chi connectivity index (χ0n) is 13.3. The number of nitrogens with one attached hydrogen (secondary N) is 2. The van der Waals surface area contributed by atoms with Gasteiger partial charge >= 0.3 is 0 Å². The van der Waals surface area contributed by atoms with E-state index in [-0.39, 0.29) is 28.8 Å². The number of hydrogen-bond donors (Lipinski definition) is 2. The van der Waals surface area contributed by atoms with E-state index in [0.29, 0.717) is 25.2 Å². The molecule has 0 atom stereocenters. The van der Waals surface area contributed by atoms with Gasteiger partial charge < -0.3 is 10.6 Å². The van der Waals surface area contributed by atoms with Crippen molar-refractivity contribution in [2.24, 2.45) is 0 Å². The Hall–Kier alpha value is -1.80. The first-order chi connectivity index (χ1) is 11.3. The van der Waals surface area contributed by atoms with Crippen LogP contribution in [0.5, 0.6) is 0 Å². The minimum absolute atomic E-state index is 0.105. The summed E-state index contributed by atoms with van der Waals surface area (Å²) in [4.78, 5) is 23.0. The molecule has 2 rings (SSSR count). The van der Waals surface area contributed by atoms with Crippen molar-refractivity contribution in [3.05, 3.63) is 28.8 Å². The van der Waals surface area contributed by atoms with E-state index in [1.807, 2.05) is 0 Å². The highest BCUT2D eigenvalue weighted by Crippen LogP contribution is 2.27. The zero-order valence-corrected chi connectivity index (χ0v) is 14.9. The average Bonchev–Trinajstić information content (AvgIpc) is 2.51. The highest BCUT2D eigenvalue weighted by molar-refractivity contribution is 7.92. The number of sulfonamides is 1. The summed E-state index contributed by atoms with van der Waals surface area (Å²) in [6.45, 7) is 2.34. The van der Waals surface area contributed by atoms with Crippen molar-refractivity contribution >= 4 is 39.1 Å². The summed E-state index contributed by atoms with van der Waals surface area (Å²) < 4.78 is 25.7. The van der Waals surface area contributed by atoms with E-state index in [4.69, 9.17) is 11.6 Å². The minimum atomic E-state index is -3.35. The first kappa shape index (κ1) is 18.5. The van der Waals surface area contributed by atoms with Gasteiger partial charge in [0.1, 0.15) is 0 Å². The van der Waals surface area contributed by atoms with Crippen molar-refractivity contribution < 1.29 is 18.0 Å². The second kappa shape index (κ2) is 7.85. The van der Waals surface area contributed by atoms with Gasteiger partial charge in [0.2, 0.25) is 15.9 Å². The van der Waals surface area contributed by atoms with Crippen LogP contribution in [-0.4, -0.2) is 45.6 Å². The summed E-state index contributed by atoms with van der Waals surface area (Å²) in [6.07, 6.45) is 1.42. The van der Waals surface area contributed by atoms with Gasteiger partial charge in [-0.05, 0) is 31.0 Å². The molecule has 2 amide bonds. The Morgan fingerprint density at radius 3 is 2.58 bits per heavy atom. The van der Waals surface area contributed by atoms with E-state index in [1.54, 1.807) is 6.07 Å². The third kappa shape index (κ3) is 4.61. The van der Waals surface area contributed by atoms with Crippen LogP contribution < -0.4 is 14.9 Å².